The molecule has 3 heteroatoms. The first kappa shape index (κ1) is 13.6. The predicted octanol–water partition coefficient (Wildman–Crippen LogP) is 2.61. The molecule has 0 radical (unpaired) electrons. The van der Waals surface area contributed by atoms with Crippen LogP contribution in [0.3, 0.4) is 0 Å². The van der Waals surface area contributed by atoms with Crippen LogP contribution in [0.15, 0.2) is 30.3 Å². The summed E-state index contributed by atoms with van der Waals surface area (Å²) in [5, 5.41) is 0. The summed E-state index contributed by atoms with van der Waals surface area (Å²) >= 11 is 0. The lowest BCUT2D eigenvalue weighted by Crippen LogP contribution is -2.24. The standard InChI is InChI=1S/C14H18FNO/c1-11(10-16(2)3)14(17)9-6-12-4-7-13(15)8-5-12/h4-9,11H,10H2,1-3H3. The number of nitrogens with zero attached hydrogens (tertiary/aromatic N) is 1. The maximum atomic E-state index is 12.7. The van der Waals surface area contributed by atoms with Crippen LogP contribution in [0.1, 0.15) is 12.5 Å². The van der Waals surface area contributed by atoms with Crippen molar-refractivity contribution in [2.24, 2.45) is 5.92 Å². The molecule has 92 valence electrons. The zero-order chi connectivity index (χ0) is 12.8. The lowest BCUT2D eigenvalue weighted by molar-refractivity contribution is -0.118. The SMILES string of the molecule is CC(CN(C)C)C(=O)C=Cc1ccc(F)cc1. The first-order chi connectivity index (χ1) is 7.99. The molecular formula is C14H18FNO. The normalized spacial score (nSPS) is 13.2. The Labute approximate surface area is 102 Å². The molecule has 2 nitrogen and oxygen atoms in total. The molecule has 17 heavy (non-hydrogen) atoms. The van der Waals surface area contributed by atoms with Gasteiger partial charge in [-0.1, -0.05) is 25.1 Å². The second-order valence-electron chi connectivity index (χ2n) is 4.45. The van der Waals surface area contributed by atoms with Crippen LogP contribution in [0.5, 0.6) is 0 Å². The van der Waals surface area contributed by atoms with Gasteiger partial charge in [-0.05, 0) is 37.9 Å². The van der Waals surface area contributed by atoms with Gasteiger partial charge in [-0.2, -0.15) is 0 Å². The topological polar surface area (TPSA) is 20.3 Å². The van der Waals surface area contributed by atoms with Crippen molar-refractivity contribution < 1.29 is 9.18 Å². The van der Waals surface area contributed by atoms with Gasteiger partial charge in [0.1, 0.15) is 5.82 Å². The third kappa shape index (κ3) is 4.91. The highest BCUT2D eigenvalue weighted by molar-refractivity contribution is 5.95. The van der Waals surface area contributed by atoms with Crippen LogP contribution in [0.2, 0.25) is 0 Å². The van der Waals surface area contributed by atoms with Crippen molar-refractivity contribution in [2.75, 3.05) is 20.6 Å². The Morgan fingerprint density at radius 1 is 1.35 bits per heavy atom. The van der Waals surface area contributed by atoms with Crippen molar-refractivity contribution in [1.82, 2.24) is 4.90 Å². The number of rotatable bonds is 5. The van der Waals surface area contributed by atoms with E-state index in [4.69, 9.17) is 0 Å². The number of hydrogen-bond acceptors (Lipinski definition) is 2. The molecule has 0 saturated carbocycles. The molecule has 0 bridgehead atoms. The van der Waals surface area contributed by atoms with Crippen molar-refractivity contribution >= 4 is 11.9 Å². The third-order valence-electron chi connectivity index (χ3n) is 2.43. The number of ketones is 1. The zero-order valence-corrected chi connectivity index (χ0v) is 10.5. The molecule has 0 aliphatic rings. The molecule has 0 amide bonds. The number of carbonyl (C=O) groups is 1. The van der Waals surface area contributed by atoms with Gasteiger partial charge < -0.3 is 4.90 Å². The molecule has 1 unspecified atom stereocenters. The average Bonchev–Trinajstić information content (AvgIpc) is 2.27. The van der Waals surface area contributed by atoms with E-state index in [9.17, 15) is 9.18 Å². The fourth-order valence-electron chi connectivity index (χ4n) is 1.55. The second kappa shape index (κ2) is 6.30. The van der Waals surface area contributed by atoms with Crippen LogP contribution in [-0.4, -0.2) is 31.3 Å². The Morgan fingerprint density at radius 3 is 2.47 bits per heavy atom. The minimum atomic E-state index is -0.269. The van der Waals surface area contributed by atoms with E-state index in [1.807, 2.05) is 25.9 Å². The van der Waals surface area contributed by atoms with Gasteiger partial charge in [0.25, 0.3) is 0 Å². The van der Waals surface area contributed by atoms with Crippen LogP contribution in [-0.2, 0) is 4.79 Å². The van der Waals surface area contributed by atoms with Crippen molar-refractivity contribution in [3.63, 3.8) is 0 Å². The molecule has 1 aromatic carbocycles. The molecule has 0 heterocycles. The van der Waals surface area contributed by atoms with E-state index in [-0.39, 0.29) is 17.5 Å². The predicted molar refractivity (Wildman–Crippen MR) is 68.2 cm³/mol. The molecule has 0 aliphatic carbocycles. The molecule has 0 fully saturated rings. The van der Waals surface area contributed by atoms with E-state index in [0.717, 1.165) is 12.1 Å². The molecule has 0 saturated heterocycles. The van der Waals surface area contributed by atoms with Crippen molar-refractivity contribution in [3.05, 3.63) is 41.7 Å². The maximum absolute atomic E-state index is 12.7. The highest BCUT2D eigenvalue weighted by atomic mass is 19.1. The highest BCUT2D eigenvalue weighted by Crippen LogP contribution is 2.06. The van der Waals surface area contributed by atoms with Crippen molar-refractivity contribution in [2.45, 2.75) is 6.92 Å². The van der Waals surface area contributed by atoms with E-state index in [1.165, 1.54) is 12.1 Å². The number of allylic oxidation sites excluding steroid dienone is 1. The summed E-state index contributed by atoms with van der Waals surface area (Å²) < 4.78 is 12.7. The lowest BCUT2D eigenvalue weighted by Gasteiger charge is -2.13. The van der Waals surface area contributed by atoms with E-state index in [2.05, 4.69) is 0 Å². The van der Waals surface area contributed by atoms with Gasteiger partial charge in [0, 0.05) is 12.5 Å². The summed E-state index contributed by atoms with van der Waals surface area (Å²) in [6, 6.07) is 6.06. The van der Waals surface area contributed by atoms with Crippen molar-refractivity contribution in [1.29, 1.82) is 0 Å². The van der Waals surface area contributed by atoms with E-state index >= 15 is 0 Å². The number of hydrogen-bond donors (Lipinski definition) is 0. The van der Waals surface area contributed by atoms with Crippen LogP contribution >= 0.6 is 0 Å². The molecule has 0 aliphatic heterocycles. The summed E-state index contributed by atoms with van der Waals surface area (Å²) in [4.78, 5) is 13.7. The van der Waals surface area contributed by atoms with Crippen LogP contribution < -0.4 is 0 Å². The summed E-state index contributed by atoms with van der Waals surface area (Å²) in [7, 11) is 3.88. The highest BCUT2D eigenvalue weighted by Gasteiger charge is 2.10. The van der Waals surface area contributed by atoms with E-state index in [0.29, 0.717) is 0 Å². The summed E-state index contributed by atoms with van der Waals surface area (Å²) in [5.41, 5.74) is 0.830. The second-order valence-corrected chi connectivity index (χ2v) is 4.45. The van der Waals surface area contributed by atoms with Gasteiger partial charge in [-0.15, -0.1) is 0 Å². The molecular weight excluding hydrogens is 217 g/mol. The molecule has 0 spiro atoms. The maximum Gasteiger partial charge on any atom is 0.159 e. The minimum absolute atomic E-state index is 0.0262. The zero-order valence-electron chi connectivity index (χ0n) is 10.5. The molecule has 0 N–H and O–H groups in total. The number of carbonyl (C=O) groups excluding carboxylic acids is 1. The Balaban J connectivity index is 2.58. The summed E-state index contributed by atoms with van der Waals surface area (Å²) in [6.45, 7) is 2.63. The quantitative estimate of drug-likeness (QED) is 0.731. The van der Waals surface area contributed by atoms with Crippen LogP contribution in [0.4, 0.5) is 4.39 Å². The first-order valence-corrected chi connectivity index (χ1v) is 5.61. The fraction of sp³-hybridized carbons (Fsp3) is 0.357. The average molecular weight is 235 g/mol. The van der Waals surface area contributed by atoms with Gasteiger partial charge in [0.05, 0.1) is 0 Å². The molecule has 1 rings (SSSR count). The third-order valence-corrected chi connectivity index (χ3v) is 2.43. The molecule has 0 aromatic heterocycles. The van der Waals surface area contributed by atoms with Gasteiger partial charge in [-0.3, -0.25) is 4.79 Å². The van der Waals surface area contributed by atoms with Crippen molar-refractivity contribution in [3.8, 4) is 0 Å². The Bertz CT molecular complexity index is 395. The van der Waals surface area contributed by atoms with Crippen LogP contribution in [0, 0.1) is 11.7 Å². The number of benzene rings is 1. The van der Waals surface area contributed by atoms with Gasteiger partial charge in [0.15, 0.2) is 5.78 Å². The summed E-state index contributed by atoms with van der Waals surface area (Å²) in [6.07, 6.45) is 3.27. The largest absolute Gasteiger partial charge is 0.309 e. The summed E-state index contributed by atoms with van der Waals surface area (Å²) in [5.74, 6) is -0.209. The minimum Gasteiger partial charge on any atom is -0.309 e. The first-order valence-electron chi connectivity index (χ1n) is 5.61. The monoisotopic (exact) mass is 235 g/mol. The van der Waals surface area contributed by atoms with Gasteiger partial charge >= 0.3 is 0 Å². The number of halogens is 1. The van der Waals surface area contributed by atoms with E-state index < -0.39 is 0 Å². The lowest BCUT2D eigenvalue weighted by atomic mass is 10.0. The Kier molecular flexibility index (Phi) is 5.04. The van der Waals surface area contributed by atoms with Crippen LogP contribution in [0.25, 0.3) is 6.08 Å². The fourth-order valence-corrected chi connectivity index (χ4v) is 1.55. The smallest absolute Gasteiger partial charge is 0.159 e. The Hall–Kier alpha value is -1.48. The Morgan fingerprint density at radius 2 is 1.94 bits per heavy atom. The molecule has 1 atom stereocenters. The van der Waals surface area contributed by atoms with E-state index in [1.54, 1.807) is 24.3 Å². The molecule has 1 aromatic rings. The van der Waals surface area contributed by atoms with Gasteiger partial charge in [0.2, 0.25) is 0 Å². The van der Waals surface area contributed by atoms with Gasteiger partial charge in [-0.25, -0.2) is 4.39 Å².